The molecule has 3 atom stereocenters. The van der Waals surface area contributed by atoms with Crippen molar-refractivity contribution in [3.63, 3.8) is 0 Å². The summed E-state index contributed by atoms with van der Waals surface area (Å²) in [5.74, 6) is 1.58. The van der Waals surface area contributed by atoms with Crippen LogP contribution in [0.4, 0.5) is 0 Å². The van der Waals surface area contributed by atoms with Crippen molar-refractivity contribution < 1.29 is 14.3 Å². The molecule has 4 heterocycles. The number of nitrogens with zero attached hydrogens (tertiary/aromatic N) is 3. The Bertz CT molecular complexity index is 1060. The molecule has 0 N–H and O–H groups in total. The number of hydrogen-bond donors (Lipinski definition) is 0. The molecule has 3 unspecified atom stereocenters. The van der Waals surface area contributed by atoms with Gasteiger partial charge in [-0.15, -0.1) is 0 Å². The SMILES string of the molecule is CCOc1ccc2cccnc2c1C(=O)N1C2CCC1C(COc1ccccn1)C2. The number of amides is 1. The van der Waals surface area contributed by atoms with Crippen LogP contribution in [0.25, 0.3) is 10.9 Å². The quantitative estimate of drug-likeness (QED) is 0.620. The summed E-state index contributed by atoms with van der Waals surface area (Å²) >= 11 is 0. The van der Waals surface area contributed by atoms with Crippen molar-refractivity contribution in [1.29, 1.82) is 0 Å². The van der Waals surface area contributed by atoms with E-state index in [1.165, 1.54) is 0 Å². The van der Waals surface area contributed by atoms with Gasteiger partial charge >= 0.3 is 0 Å². The van der Waals surface area contributed by atoms with Gasteiger partial charge in [-0.25, -0.2) is 4.98 Å². The minimum Gasteiger partial charge on any atom is -0.493 e. The maximum atomic E-state index is 13.8. The normalized spacial score (nSPS) is 22.4. The third-order valence-electron chi connectivity index (χ3n) is 6.23. The summed E-state index contributed by atoms with van der Waals surface area (Å²) < 4.78 is 11.8. The van der Waals surface area contributed by atoms with Gasteiger partial charge in [-0.05, 0) is 50.5 Å². The monoisotopic (exact) mass is 403 g/mol. The summed E-state index contributed by atoms with van der Waals surface area (Å²) in [7, 11) is 0. The Balaban J connectivity index is 1.42. The highest BCUT2D eigenvalue weighted by Crippen LogP contribution is 2.44. The molecule has 1 aromatic carbocycles. The molecule has 0 radical (unpaired) electrons. The molecule has 2 saturated heterocycles. The van der Waals surface area contributed by atoms with Crippen LogP contribution in [0.5, 0.6) is 11.6 Å². The first-order valence-corrected chi connectivity index (χ1v) is 10.6. The molecule has 6 heteroatoms. The van der Waals surface area contributed by atoms with Crippen molar-refractivity contribution in [1.82, 2.24) is 14.9 Å². The lowest BCUT2D eigenvalue weighted by molar-refractivity contribution is 0.0707. The molecule has 30 heavy (non-hydrogen) atoms. The second-order valence-corrected chi connectivity index (χ2v) is 7.93. The predicted molar refractivity (Wildman–Crippen MR) is 114 cm³/mol. The zero-order valence-electron chi connectivity index (χ0n) is 17.0. The van der Waals surface area contributed by atoms with E-state index in [2.05, 4.69) is 14.9 Å². The van der Waals surface area contributed by atoms with Crippen LogP contribution in [-0.2, 0) is 0 Å². The molecule has 3 aromatic rings. The van der Waals surface area contributed by atoms with Crippen molar-refractivity contribution in [3.05, 3.63) is 60.4 Å². The molecular weight excluding hydrogens is 378 g/mol. The van der Waals surface area contributed by atoms with Crippen molar-refractivity contribution in [2.45, 2.75) is 38.3 Å². The van der Waals surface area contributed by atoms with E-state index in [4.69, 9.17) is 9.47 Å². The summed E-state index contributed by atoms with van der Waals surface area (Å²) in [6.45, 7) is 3.02. The van der Waals surface area contributed by atoms with Crippen LogP contribution in [-0.4, -0.2) is 46.1 Å². The van der Waals surface area contributed by atoms with Gasteiger partial charge in [-0.3, -0.25) is 9.78 Å². The molecule has 1 amide bonds. The van der Waals surface area contributed by atoms with Gasteiger partial charge in [-0.1, -0.05) is 12.1 Å². The van der Waals surface area contributed by atoms with Crippen LogP contribution in [0, 0.1) is 5.92 Å². The van der Waals surface area contributed by atoms with Crippen LogP contribution >= 0.6 is 0 Å². The largest absolute Gasteiger partial charge is 0.493 e. The number of aromatic nitrogens is 2. The van der Waals surface area contributed by atoms with Gasteiger partial charge in [0.25, 0.3) is 5.91 Å². The third-order valence-corrected chi connectivity index (χ3v) is 6.23. The minimum atomic E-state index is 0.0237. The Morgan fingerprint density at radius 2 is 1.97 bits per heavy atom. The molecule has 2 bridgehead atoms. The molecule has 5 rings (SSSR count). The van der Waals surface area contributed by atoms with Crippen LogP contribution in [0.3, 0.4) is 0 Å². The van der Waals surface area contributed by atoms with E-state index < -0.39 is 0 Å². The van der Waals surface area contributed by atoms with Gasteiger partial charge in [0, 0.05) is 41.8 Å². The minimum absolute atomic E-state index is 0.0237. The van der Waals surface area contributed by atoms with E-state index in [0.29, 0.717) is 41.8 Å². The number of benzene rings is 1. The summed E-state index contributed by atoms with van der Waals surface area (Å²) in [6, 6.07) is 13.8. The first-order chi connectivity index (χ1) is 14.8. The van der Waals surface area contributed by atoms with E-state index in [1.807, 2.05) is 49.4 Å². The molecule has 2 aliphatic heterocycles. The Morgan fingerprint density at radius 1 is 1.07 bits per heavy atom. The van der Waals surface area contributed by atoms with Gasteiger partial charge in [0.05, 0.1) is 18.7 Å². The highest BCUT2D eigenvalue weighted by Gasteiger charge is 2.49. The molecule has 2 aromatic heterocycles. The maximum Gasteiger partial charge on any atom is 0.260 e. The lowest BCUT2D eigenvalue weighted by Crippen LogP contribution is -2.37. The summed E-state index contributed by atoms with van der Waals surface area (Å²) in [5, 5.41) is 0.950. The third kappa shape index (κ3) is 3.26. The number of carbonyl (C=O) groups is 1. The number of rotatable bonds is 6. The summed E-state index contributed by atoms with van der Waals surface area (Å²) in [5.41, 5.74) is 1.29. The highest BCUT2D eigenvalue weighted by atomic mass is 16.5. The topological polar surface area (TPSA) is 64.5 Å². The highest BCUT2D eigenvalue weighted by molar-refractivity contribution is 6.08. The van der Waals surface area contributed by atoms with E-state index in [0.717, 1.165) is 24.6 Å². The Hall–Kier alpha value is -3.15. The average Bonchev–Trinajstić information content (AvgIpc) is 3.36. The summed E-state index contributed by atoms with van der Waals surface area (Å²) in [6.07, 6.45) is 6.48. The van der Waals surface area contributed by atoms with Crippen molar-refractivity contribution in [2.75, 3.05) is 13.2 Å². The van der Waals surface area contributed by atoms with Gasteiger partial charge in [0.2, 0.25) is 5.88 Å². The predicted octanol–water partition coefficient (Wildman–Crippen LogP) is 4.10. The van der Waals surface area contributed by atoms with E-state index >= 15 is 0 Å². The Labute approximate surface area is 175 Å². The standard InChI is InChI=1S/C24H25N3O3/c1-2-29-20-11-8-16-6-5-13-26-23(16)22(20)24(28)27-18-9-10-19(27)17(14-18)15-30-21-7-3-4-12-25-21/h3-8,11-13,17-19H,2,9-10,14-15H2,1H3. The van der Waals surface area contributed by atoms with Crippen LogP contribution < -0.4 is 9.47 Å². The number of ether oxygens (including phenoxy) is 2. The molecule has 2 aliphatic rings. The lowest BCUT2D eigenvalue weighted by Gasteiger charge is -2.25. The van der Waals surface area contributed by atoms with Crippen LogP contribution in [0.1, 0.15) is 36.5 Å². The number of fused-ring (bicyclic) bond motifs is 3. The second kappa shape index (κ2) is 7.94. The van der Waals surface area contributed by atoms with Crippen LogP contribution in [0.15, 0.2) is 54.9 Å². The smallest absolute Gasteiger partial charge is 0.260 e. The second-order valence-electron chi connectivity index (χ2n) is 7.93. The van der Waals surface area contributed by atoms with E-state index in [1.54, 1.807) is 12.4 Å². The first kappa shape index (κ1) is 18.9. The number of hydrogen-bond acceptors (Lipinski definition) is 5. The van der Waals surface area contributed by atoms with Crippen molar-refractivity contribution in [3.8, 4) is 11.6 Å². The number of carbonyl (C=O) groups excluding carboxylic acids is 1. The van der Waals surface area contributed by atoms with Gasteiger partial charge in [-0.2, -0.15) is 0 Å². The van der Waals surface area contributed by atoms with E-state index in [9.17, 15) is 4.79 Å². The fraction of sp³-hybridized carbons (Fsp3) is 0.375. The van der Waals surface area contributed by atoms with Gasteiger partial charge in [0.1, 0.15) is 11.3 Å². The maximum absolute atomic E-state index is 13.8. The van der Waals surface area contributed by atoms with Gasteiger partial charge < -0.3 is 14.4 Å². The van der Waals surface area contributed by atoms with Crippen LogP contribution in [0.2, 0.25) is 0 Å². The van der Waals surface area contributed by atoms with Crippen molar-refractivity contribution >= 4 is 16.8 Å². The zero-order chi connectivity index (χ0) is 20.5. The molecule has 154 valence electrons. The summed E-state index contributed by atoms with van der Waals surface area (Å²) in [4.78, 5) is 24.6. The molecule has 6 nitrogen and oxygen atoms in total. The zero-order valence-corrected chi connectivity index (χ0v) is 17.0. The fourth-order valence-corrected chi connectivity index (χ4v) is 4.97. The molecule has 0 aliphatic carbocycles. The molecular formula is C24H25N3O3. The fourth-order valence-electron chi connectivity index (χ4n) is 4.97. The van der Waals surface area contributed by atoms with Crippen molar-refractivity contribution in [2.24, 2.45) is 5.92 Å². The molecule has 0 saturated carbocycles. The average molecular weight is 403 g/mol. The van der Waals surface area contributed by atoms with Gasteiger partial charge in [0.15, 0.2) is 0 Å². The molecule has 2 fully saturated rings. The molecule has 0 spiro atoms. The van der Waals surface area contributed by atoms with E-state index in [-0.39, 0.29) is 18.0 Å². The Morgan fingerprint density at radius 3 is 2.80 bits per heavy atom. The number of pyridine rings is 2. The Kier molecular flexibility index (Phi) is 4.99. The lowest BCUT2D eigenvalue weighted by atomic mass is 9.90. The first-order valence-electron chi connectivity index (χ1n) is 10.6.